The number of pyridine rings is 1. The molecule has 2 amide bonds. The number of fused-ring (bicyclic) bond motifs is 1. The number of nitriles is 1. The first-order valence-corrected chi connectivity index (χ1v) is 9.94. The number of aromatic nitrogens is 1. The highest BCUT2D eigenvalue weighted by molar-refractivity contribution is 8.00. The largest absolute Gasteiger partial charge is 0.322 e. The van der Waals surface area contributed by atoms with Crippen LogP contribution in [0.4, 0.5) is 11.4 Å². The van der Waals surface area contributed by atoms with Gasteiger partial charge in [-0.15, -0.1) is 0 Å². The minimum absolute atomic E-state index is 0.00835. The van der Waals surface area contributed by atoms with Gasteiger partial charge < -0.3 is 5.32 Å². The number of rotatable bonds is 4. The van der Waals surface area contributed by atoms with Gasteiger partial charge in [0.15, 0.2) is 5.78 Å². The summed E-state index contributed by atoms with van der Waals surface area (Å²) in [7, 11) is 0. The summed E-state index contributed by atoms with van der Waals surface area (Å²) in [6.07, 6.45) is 0. The Morgan fingerprint density at radius 1 is 1.31 bits per heavy atom. The molecule has 29 heavy (non-hydrogen) atoms. The predicted molar refractivity (Wildman–Crippen MR) is 111 cm³/mol. The van der Waals surface area contributed by atoms with Gasteiger partial charge in [0.2, 0.25) is 11.8 Å². The average molecular weight is 408 g/mol. The third-order valence-corrected chi connectivity index (χ3v) is 5.74. The van der Waals surface area contributed by atoms with Gasteiger partial charge in [-0.25, -0.2) is 4.98 Å². The summed E-state index contributed by atoms with van der Waals surface area (Å²) in [5, 5.41) is 12.6. The van der Waals surface area contributed by atoms with Crippen LogP contribution in [-0.2, 0) is 9.59 Å². The lowest BCUT2D eigenvalue weighted by Gasteiger charge is -2.42. The molecule has 0 bridgehead atoms. The fraction of sp³-hybridized carbons (Fsp3) is 0.286. The maximum atomic E-state index is 13.1. The van der Waals surface area contributed by atoms with Crippen molar-refractivity contribution in [3.8, 4) is 6.07 Å². The SMILES string of the molecule is CC(=O)c1cc(C#N)c(SCC(=O)N2c3ccccc3NC(=O)C2(C)C)nc1C. The summed E-state index contributed by atoms with van der Waals surface area (Å²) in [6.45, 7) is 6.48. The van der Waals surface area contributed by atoms with Crippen molar-refractivity contribution in [3.05, 3.63) is 47.2 Å². The van der Waals surface area contributed by atoms with Gasteiger partial charge in [0.1, 0.15) is 16.6 Å². The summed E-state index contributed by atoms with van der Waals surface area (Å²) < 4.78 is 0. The number of hydrogen-bond donors (Lipinski definition) is 1. The topological polar surface area (TPSA) is 103 Å². The lowest BCUT2D eigenvalue weighted by molar-refractivity contribution is -0.125. The van der Waals surface area contributed by atoms with Gasteiger partial charge in [-0.05, 0) is 45.9 Å². The zero-order valence-electron chi connectivity index (χ0n) is 16.6. The normalized spacial score (nSPS) is 14.6. The van der Waals surface area contributed by atoms with Crippen LogP contribution in [0.1, 0.15) is 42.4 Å². The molecule has 1 aliphatic rings. The molecule has 148 valence electrons. The molecule has 0 atom stereocenters. The van der Waals surface area contributed by atoms with E-state index in [1.165, 1.54) is 17.9 Å². The van der Waals surface area contributed by atoms with Crippen molar-refractivity contribution in [2.24, 2.45) is 0 Å². The zero-order valence-corrected chi connectivity index (χ0v) is 17.4. The molecule has 0 radical (unpaired) electrons. The Morgan fingerprint density at radius 3 is 2.66 bits per heavy atom. The summed E-state index contributed by atoms with van der Waals surface area (Å²) in [4.78, 5) is 43.1. The number of anilines is 2. The van der Waals surface area contributed by atoms with Crippen LogP contribution in [0.15, 0.2) is 35.4 Å². The highest BCUT2D eigenvalue weighted by atomic mass is 32.2. The maximum absolute atomic E-state index is 13.1. The number of thioether (sulfide) groups is 1. The first-order chi connectivity index (χ1) is 13.7. The second-order valence-corrected chi connectivity index (χ2v) is 8.15. The van der Waals surface area contributed by atoms with Crippen molar-refractivity contribution in [3.63, 3.8) is 0 Å². The van der Waals surface area contributed by atoms with Crippen molar-refractivity contribution < 1.29 is 14.4 Å². The third-order valence-electron chi connectivity index (χ3n) is 4.77. The number of hydrogen-bond acceptors (Lipinski definition) is 6. The smallest absolute Gasteiger partial charge is 0.250 e. The van der Waals surface area contributed by atoms with Gasteiger partial charge >= 0.3 is 0 Å². The molecule has 7 nitrogen and oxygen atoms in total. The third kappa shape index (κ3) is 3.74. The molecule has 1 aromatic carbocycles. The number of carbonyl (C=O) groups excluding carboxylic acids is 3. The first kappa shape index (κ1) is 20.6. The lowest BCUT2D eigenvalue weighted by Crippen LogP contribution is -2.58. The molecule has 0 unspecified atom stereocenters. The minimum Gasteiger partial charge on any atom is -0.322 e. The van der Waals surface area contributed by atoms with E-state index in [0.29, 0.717) is 27.7 Å². The first-order valence-electron chi connectivity index (χ1n) is 8.96. The summed E-state index contributed by atoms with van der Waals surface area (Å²) in [5.41, 5.74) is 1.28. The van der Waals surface area contributed by atoms with E-state index in [1.807, 2.05) is 6.07 Å². The molecular formula is C21H20N4O3S. The zero-order chi connectivity index (χ0) is 21.3. The molecular weight excluding hydrogens is 388 g/mol. The van der Waals surface area contributed by atoms with Crippen LogP contribution in [0.3, 0.4) is 0 Å². The van der Waals surface area contributed by atoms with E-state index in [-0.39, 0.29) is 28.9 Å². The van der Waals surface area contributed by atoms with Gasteiger partial charge in [-0.2, -0.15) is 5.26 Å². The van der Waals surface area contributed by atoms with Crippen LogP contribution >= 0.6 is 11.8 Å². The fourth-order valence-electron chi connectivity index (χ4n) is 3.22. The lowest BCUT2D eigenvalue weighted by atomic mass is 9.96. The maximum Gasteiger partial charge on any atom is 0.250 e. The van der Waals surface area contributed by atoms with Crippen LogP contribution in [0.5, 0.6) is 0 Å². The second kappa shape index (κ2) is 7.68. The molecule has 0 saturated carbocycles. The Bertz CT molecular complexity index is 1070. The number of para-hydroxylation sites is 2. The van der Waals surface area contributed by atoms with E-state index >= 15 is 0 Å². The Balaban J connectivity index is 1.90. The molecule has 0 aliphatic carbocycles. The molecule has 0 saturated heterocycles. The predicted octanol–water partition coefficient (Wildman–Crippen LogP) is 3.32. The Labute approximate surface area is 173 Å². The highest BCUT2D eigenvalue weighted by Crippen LogP contribution is 2.37. The number of nitrogens with one attached hydrogen (secondary N) is 1. The molecule has 1 N–H and O–H groups in total. The average Bonchev–Trinajstić information content (AvgIpc) is 2.66. The Morgan fingerprint density at radius 2 is 2.00 bits per heavy atom. The molecule has 2 heterocycles. The van der Waals surface area contributed by atoms with Gasteiger partial charge in [-0.1, -0.05) is 23.9 Å². The number of benzene rings is 1. The van der Waals surface area contributed by atoms with Crippen LogP contribution < -0.4 is 10.2 Å². The number of aryl methyl sites for hydroxylation is 1. The fourth-order valence-corrected chi connectivity index (χ4v) is 4.07. The molecule has 1 aliphatic heterocycles. The summed E-state index contributed by atoms with van der Waals surface area (Å²) in [5.74, 6) is -0.726. The van der Waals surface area contributed by atoms with E-state index in [9.17, 15) is 19.6 Å². The van der Waals surface area contributed by atoms with E-state index in [2.05, 4.69) is 10.3 Å². The molecule has 3 rings (SSSR count). The second-order valence-electron chi connectivity index (χ2n) is 7.19. The standard InChI is InChI=1S/C21H20N4O3S/c1-12-15(13(2)26)9-14(10-22)19(23-12)29-11-18(27)25-17-8-6-5-7-16(17)24-20(28)21(25,3)4/h5-9H,11H2,1-4H3,(H,24,28). The Hall–Kier alpha value is -3.18. The molecule has 0 spiro atoms. The number of Topliss-reactive ketones (excluding diaryl/α,β-unsaturated/α-hetero) is 1. The van der Waals surface area contributed by atoms with Gasteiger partial charge in [0, 0.05) is 11.3 Å². The van der Waals surface area contributed by atoms with Crippen LogP contribution in [0.25, 0.3) is 0 Å². The molecule has 0 fully saturated rings. The number of amides is 2. The number of ketones is 1. The van der Waals surface area contributed by atoms with E-state index in [0.717, 1.165) is 11.8 Å². The van der Waals surface area contributed by atoms with Gasteiger partial charge in [0.05, 0.1) is 22.7 Å². The molecule has 8 heteroatoms. The van der Waals surface area contributed by atoms with Crippen LogP contribution in [0, 0.1) is 18.3 Å². The number of carbonyl (C=O) groups is 3. The van der Waals surface area contributed by atoms with Crippen LogP contribution in [-0.4, -0.2) is 33.9 Å². The summed E-state index contributed by atoms with van der Waals surface area (Å²) >= 11 is 1.12. The highest BCUT2D eigenvalue weighted by Gasteiger charge is 2.43. The molecule has 1 aromatic heterocycles. The van der Waals surface area contributed by atoms with Crippen molar-refractivity contribution >= 4 is 40.7 Å². The van der Waals surface area contributed by atoms with Crippen molar-refractivity contribution in [2.45, 2.75) is 38.3 Å². The summed E-state index contributed by atoms with van der Waals surface area (Å²) in [6, 6.07) is 10.7. The number of nitrogens with zero attached hydrogens (tertiary/aromatic N) is 3. The van der Waals surface area contributed by atoms with Crippen molar-refractivity contribution in [2.75, 3.05) is 16.0 Å². The van der Waals surface area contributed by atoms with Crippen molar-refractivity contribution in [1.82, 2.24) is 4.98 Å². The quantitative estimate of drug-likeness (QED) is 0.615. The van der Waals surface area contributed by atoms with Crippen molar-refractivity contribution in [1.29, 1.82) is 5.26 Å². The Kier molecular flexibility index (Phi) is 5.44. The van der Waals surface area contributed by atoms with E-state index < -0.39 is 5.54 Å². The van der Waals surface area contributed by atoms with Crippen LogP contribution in [0.2, 0.25) is 0 Å². The van der Waals surface area contributed by atoms with Gasteiger partial charge in [0.25, 0.3) is 0 Å². The molecule has 2 aromatic rings. The van der Waals surface area contributed by atoms with Gasteiger partial charge in [-0.3, -0.25) is 19.3 Å². The van der Waals surface area contributed by atoms with E-state index in [1.54, 1.807) is 45.0 Å². The monoisotopic (exact) mass is 408 g/mol. The van der Waals surface area contributed by atoms with E-state index in [4.69, 9.17) is 0 Å². The minimum atomic E-state index is -1.06.